The largest absolute Gasteiger partial charge is 0.487 e. The lowest BCUT2D eigenvalue weighted by Crippen LogP contribution is -2.33. The lowest BCUT2D eigenvalue weighted by atomic mass is 10.2. The highest BCUT2D eigenvalue weighted by molar-refractivity contribution is 5.97. The molecule has 23 heavy (non-hydrogen) atoms. The van der Waals surface area contributed by atoms with Crippen molar-refractivity contribution >= 4 is 17.6 Å². The number of carbonyl (C=O) groups excluding carboxylic acids is 2. The molecule has 1 aromatic heterocycles. The van der Waals surface area contributed by atoms with Crippen LogP contribution < -0.4 is 10.1 Å². The van der Waals surface area contributed by atoms with Gasteiger partial charge in [-0.05, 0) is 0 Å². The highest BCUT2D eigenvalue weighted by atomic mass is 16.5. The van der Waals surface area contributed by atoms with Crippen molar-refractivity contribution in [1.29, 1.82) is 0 Å². The van der Waals surface area contributed by atoms with Crippen LogP contribution in [-0.2, 0) is 19.1 Å². The molecular formula is C16H20N2O5. The first-order valence-electron chi connectivity index (χ1n) is 6.90. The van der Waals surface area contributed by atoms with Gasteiger partial charge in [0, 0.05) is 12.3 Å². The maximum atomic E-state index is 12.3. The second kappa shape index (κ2) is 10.1. The van der Waals surface area contributed by atoms with Crippen LogP contribution in [0.25, 0.3) is 0 Å². The van der Waals surface area contributed by atoms with Crippen LogP contribution in [-0.4, -0.2) is 43.3 Å². The number of methoxy groups -OCH3 is 1. The third kappa shape index (κ3) is 6.31. The van der Waals surface area contributed by atoms with Crippen LogP contribution in [0.5, 0.6) is 5.75 Å². The van der Waals surface area contributed by atoms with Crippen molar-refractivity contribution in [2.75, 3.05) is 25.6 Å². The number of anilines is 1. The van der Waals surface area contributed by atoms with Crippen molar-refractivity contribution in [3.05, 3.63) is 43.8 Å². The first-order valence-corrected chi connectivity index (χ1v) is 6.90. The third-order valence-corrected chi connectivity index (χ3v) is 2.68. The predicted octanol–water partition coefficient (Wildman–Crippen LogP) is 1.72. The second-order valence-electron chi connectivity index (χ2n) is 4.35. The molecule has 0 saturated carbocycles. The average molecular weight is 320 g/mol. The Morgan fingerprint density at radius 2 is 2.09 bits per heavy atom. The van der Waals surface area contributed by atoms with Gasteiger partial charge in [0.15, 0.2) is 0 Å². The van der Waals surface area contributed by atoms with Gasteiger partial charge in [0.2, 0.25) is 0 Å². The van der Waals surface area contributed by atoms with E-state index >= 15 is 0 Å². The van der Waals surface area contributed by atoms with Crippen molar-refractivity contribution in [1.82, 2.24) is 4.98 Å². The fraction of sp³-hybridized carbons (Fsp3) is 0.312. The van der Waals surface area contributed by atoms with Gasteiger partial charge in [0.05, 0.1) is 26.3 Å². The minimum absolute atomic E-state index is 0.127. The monoisotopic (exact) mass is 320 g/mol. The standard InChI is InChI=1S/C16H20N2O5/c1-4-8-22-13-6-7-17-11-12(13)18-16(20)14(23-9-5-2)10-15(19)21-3/h4-7,11,14H,1-2,8-10H2,3H3,(H,18,20). The fourth-order valence-corrected chi connectivity index (χ4v) is 1.61. The van der Waals surface area contributed by atoms with Gasteiger partial charge in [-0.2, -0.15) is 0 Å². The minimum Gasteiger partial charge on any atom is -0.487 e. The molecule has 0 spiro atoms. The number of amides is 1. The van der Waals surface area contributed by atoms with Crippen LogP contribution in [0.15, 0.2) is 43.8 Å². The molecule has 1 rings (SSSR count). The molecule has 0 radical (unpaired) electrons. The number of hydrogen-bond donors (Lipinski definition) is 1. The Labute approximate surface area is 134 Å². The van der Waals surface area contributed by atoms with Gasteiger partial charge in [-0.1, -0.05) is 18.7 Å². The Morgan fingerprint density at radius 1 is 1.35 bits per heavy atom. The van der Waals surface area contributed by atoms with E-state index in [1.807, 2.05) is 0 Å². The molecule has 0 aliphatic rings. The zero-order valence-electron chi connectivity index (χ0n) is 13.0. The summed E-state index contributed by atoms with van der Waals surface area (Å²) in [4.78, 5) is 27.6. The highest BCUT2D eigenvalue weighted by Gasteiger charge is 2.24. The normalized spacial score (nSPS) is 11.2. The van der Waals surface area contributed by atoms with Gasteiger partial charge in [-0.15, -0.1) is 6.58 Å². The first-order chi connectivity index (χ1) is 11.1. The molecule has 0 aliphatic carbocycles. The van der Waals surface area contributed by atoms with Crippen LogP contribution in [0.3, 0.4) is 0 Å². The molecule has 0 bridgehead atoms. The van der Waals surface area contributed by atoms with E-state index in [1.165, 1.54) is 25.6 Å². The molecule has 124 valence electrons. The number of nitrogens with zero attached hydrogens (tertiary/aromatic N) is 1. The zero-order chi connectivity index (χ0) is 17.1. The van der Waals surface area contributed by atoms with Crippen molar-refractivity contribution in [3.63, 3.8) is 0 Å². The van der Waals surface area contributed by atoms with E-state index in [1.54, 1.807) is 12.1 Å². The molecule has 7 nitrogen and oxygen atoms in total. The molecule has 0 saturated heterocycles. The summed E-state index contributed by atoms with van der Waals surface area (Å²) in [5.41, 5.74) is 0.372. The Morgan fingerprint density at radius 3 is 2.74 bits per heavy atom. The number of rotatable bonds is 10. The minimum atomic E-state index is -1.01. The van der Waals surface area contributed by atoms with E-state index in [-0.39, 0.29) is 19.6 Å². The number of carbonyl (C=O) groups is 2. The molecule has 1 amide bonds. The summed E-state index contributed by atoms with van der Waals surface area (Å²) >= 11 is 0. The van der Waals surface area contributed by atoms with Crippen molar-refractivity contribution in [2.24, 2.45) is 0 Å². The Kier molecular flexibility index (Phi) is 8.09. The number of pyridine rings is 1. The van der Waals surface area contributed by atoms with Crippen LogP contribution in [0.2, 0.25) is 0 Å². The van der Waals surface area contributed by atoms with E-state index in [0.29, 0.717) is 11.4 Å². The summed E-state index contributed by atoms with van der Waals surface area (Å²) < 4.78 is 15.3. The summed E-state index contributed by atoms with van der Waals surface area (Å²) in [6.45, 7) is 7.48. The van der Waals surface area contributed by atoms with E-state index in [9.17, 15) is 9.59 Å². The SMILES string of the molecule is C=CCOc1ccncc1NC(=O)C(CC(=O)OC)OCC=C. The maximum absolute atomic E-state index is 12.3. The van der Waals surface area contributed by atoms with Gasteiger partial charge in [-0.3, -0.25) is 14.6 Å². The summed E-state index contributed by atoms with van der Waals surface area (Å²) in [5, 5.41) is 2.63. The summed E-state index contributed by atoms with van der Waals surface area (Å²) in [6, 6.07) is 1.61. The number of aromatic nitrogens is 1. The number of nitrogens with one attached hydrogen (secondary N) is 1. The van der Waals surface area contributed by atoms with Gasteiger partial charge in [0.1, 0.15) is 24.1 Å². The molecule has 0 fully saturated rings. The van der Waals surface area contributed by atoms with Crippen molar-refractivity contribution < 1.29 is 23.8 Å². The second-order valence-corrected chi connectivity index (χ2v) is 4.35. The number of esters is 1. The molecule has 0 aliphatic heterocycles. The molecule has 0 aromatic carbocycles. The molecule has 1 unspecified atom stereocenters. The number of hydrogen-bond acceptors (Lipinski definition) is 6. The van der Waals surface area contributed by atoms with Crippen LogP contribution in [0.1, 0.15) is 6.42 Å². The highest BCUT2D eigenvalue weighted by Crippen LogP contribution is 2.23. The van der Waals surface area contributed by atoms with E-state index in [4.69, 9.17) is 9.47 Å². The lowest BCUT2D eigenvalue weighted by molar-refractivity contribution is -0.147. The average Bonchev–Trinajstić information content (AvgIpc) is 2.57. The lowest BCUT2D eigenvalue weighted by Gasteiger charge is -2.17. The molecule has 1 aromatic rings. The first kappa shape index (κ1) is 18.4. The molecule has 7 heteroatoms. The van der Waals surface area contributed by atoms with Gasteiger partial charge in [0.25, 0.3) is 5.91 Å². The van der Waals surface area contributed by atoms with Gasteiger partial charge in [-0.25, -0.2) is 0 Å². The predicted molar refractivity (Wildman–Crippen MR) is 85.1 cm³/mol. The van der Waals surface area contributed by atoms with Crippen LogP contribution in [0.4, 0.5) is 5.69 Å². The van der Waals surface area contributed by atoms with Crippen molar-refractivity contribution in [3.8, 4) is 5.75 Å². The maximum Gasteiger partial charge on any atom is 0.308 e. The quantitative estimate of drug-likeness (QED) is 0.522. The topological polar surface area (TPSA) is 86.8 Å². The zero-order valence-corrected chi connectivity index (χ0v) is 13.0. The van der Waals surface area contributed by atoms with Crippen molar-refractivity contribution in [2.45, 2.75) is 12.5 Å². The Balaban J connectivity index is 2.82. The third-order valence-electron chi connectivity index (χ3n) is 2.68. The smallest absolute Gasteiger partial charge is 0.308 e. The summed E-state index contributed by atoms with van der Waals surface area (Å²) in [6.07, 6.45) is 4.83. The van der Waals surface area contributed by atoms with Crippen LogP contribution in [0, 0.1) is 0 Å². The molecule has 1 heterocycles. The Hall–Kier alpha value is -2.67. The summed E-state index contributed by atoms with van der Waals surface area (Å²) in [7, 11) is 1.24. The summed E-state index contributed by atoms with van der Waals surface area (Å²) in [5.74, 6) is -0.619. The molecule has 1 atom stereocenters. The molecular weight excluding hydrogens is 300 g/mol. The fourth-order valence-electron chi connectivity index (χ4n) is 1.61. The van der Waals surface area contributed by atoms with Gasteiger partial charge >= 0.3 is 5.97 Å². The van der Waals surface area contributed by atoms with E-state index < -0.39 is 18.0 Å². The van der Waals surface area contributed by atoms with Gasteiger partial charge < -0.3 is 19.5 Å². The van der Waals surface area contributed by atoms with E-state index in [2.05, 4.69) is 28.2 Å². The number of ether oxygens (including phenoxy) is 3. The van der Waals surface area contributed by atoms with E-state index in [0.717, 1.165) is 0 Å². The molecule has 1 N–H and O–H groups in total. The Bertz CT molecular complexity index is 559. The van der Waals surface area contributed by atoms with Crippen LogP contribution >= 0.6 is 0 Å².